The molecule has 0 radical (unpaired) electrons. The molecule has 0 atom stereocenters. The molecule has 2 N–H and O–H groups in total. The lowest BCUT2D eigenvalue weighted by Crippen LogP contribution is -2.24. The van der Waals surface area contributed by atoms with Gasteiger partial charge >= 0.3 is 6.09 Å². The van der Waals surface area contributed by atoms with E-state index in [1.807, 2.05) is 30.3 Å². The number of hydrogen-bond acceptors (Lipinski definition) is 5. The first-order valence-corrected chi connectivity index (χ1v) is 11.0. The van der Waals surface area contributed by atoms with Crippen molar-refractivity contribution >= 4 is 25.7 Å². The highest BCUT2D eigenvalue weighted by atomic mass is 32.2. The number of ether oxygens (including phenoxy) is 1. The molecule has 0 bridgehead atoms. The van der Waals surface area contributed by atoms with E-state index in [9.17, 15) is 18.3 Å². The van der Waals surface area contributed by atoms with Crippen molar-refractivity contribution in [2.24, 2.45) is 0 Å². The van der Waals surface area contributed by atoms with Gasteiger partial charge in [-0.2, -0.15) is 0 Å². The lowest BCUT2D eigenvalue weighted by molar-refractivity contribution is 0.171. The zero-order valence-corrected chi connectivity index (χ0v) is 17.2. The molecule has 1 aliphatic rings. The summed E-state index contributed by atoms with van der Waals surface area (Å²) in [5.74, 6) is -0.990. The van der Waals surface area contributed by atoms with Crippen molar-refractivity contribution in [3.05, 3.63) is 119 Å². The summed E-state index contributed by atoms with van der Waals surface area (Å²) in [6, 6.07) is 25.7. The summed E-state index contributed by atoms with van der Waals surface area (Å²) in [5.41, 5.74) is 1.46. The second-order valence-electron chi connectivity index (χ2n) is 6.80. The highest BCUT2D eigenvalue weighted by Gasteiger charge is 2.42. The van der Waals surface area contributed by atoms with Crippen LogP contribution in [0.3, 0.4) is 0 Å². The van der Waals surface area contributed by atoms with Gasteiger partial charge in [0.1, 0.15) is 9.81 Å². The van der Waals surface area contributed by atoms with E-state index in [2.05, 4.69) is 5.32 Å². The molecule has 4 rings (SSSR count). The van der Waals surface area contributed by atoms with Gasteiger partial charge in [-0.25, -0.2) is 13.2 Å². The van der Waals surface area contributed by atoms with Gasteiger partial charge in [0, 0.05) is 6.54 Å². The molecule has 156 valence electrons. The zero-order valence-electron chi connectivity index (χ0n) is 16.4. The third-order valence-corrected chi connectivity index (χ3v) is 6.65. The minimum absolute atomic E-state index is 0.191. The third kappa shape index (κ3) is 4.08. The number of rotatable bonds is 5. The van der Waals surface area contributed by atoms with Crippen molar-refractivity contribution < 1.29 is 23.1 Å². The number of carbonyl (C=O) groups excluding carboxylic acids is 1. The fraction of sp³-hybridized carbons (Fsp3) is 0.0417. The molecule has 0 aliphatic carbocycles. The average Bonchev–Trinajstić information content (AvgIpc) is 2.98. The molecule has 31 heavy (non-hydrogen) atoms. The molecule has 1 heterocycles. The highest BCUT2D eigenvalue weighted by Crippen LogP contribution is 2.45. The van der Waals surface area contributed by atoms with E-state index in [4.69, 9.17) is 4.74 Å². The van der Waals surface area contributed by atoms with E-state index in [1.165, 1.54) is 0 Å². The summed E-state index contributed by atoms with van der Waals surface area (Å²) >= 11 is 0. The molecule has 0 saturated carbocycles. The maximum atomic E-state index is 13.4. The minimum atomic E-state index is -4.14. The van der Waals surface area contributed by atoms with E-state index >= 15 is 0 Å². The van der Waals surface area contributed by atoms with Gasteiger partial charge in [-0.1, -0.05) is 91.0 Å². The minimum Gasteiger partial charge on any atom is -0.503 e. The lowest BCUT2D eigenvalue weighted by atomic mass is 10.1. The Kier molecular flexibility index (Phi) is 5.60. The number of benzene rings is 3. The number of alkyl carbamates (subject to hydrolysis) is 1. The predicted octanol–water partition coefficient (Wildman–Crippen LogP) is 4.64. The van der Waals surface area contributed by atoms with Gasteiger partial charge in [-0.15, -0.1) is 0 Å². The number of hydrogen-bond donors (Lipinski definition) is 2. The van der Waals surface area contributed by atoms with Crippen molar-refractivity contribution in [1.82, 2.24) is 5.32 Å². The second-order valence-corrected chi connectivity index (χ2v) is 8.62. The molecule has 3 aromatic rings. The summed E-state index contributed by atoms with van der Waals surface area (Å²) < 4.78 is 32.1. The van der Waals surface area contributed by atoms with E-state index in [0.717, 1.165) is 5.56 Å². The SMILES string of the molecule is O=C(NCc1ccccc1)OC1=C(c2ccccc2)S(=O)(=O)C(c2ccccc2)=C1O. The smallest absolute Gasteiger partial charge is 0.413 e. The molecular formula is C24H19NO5S. The monoisotopic (exact) mass is 433 g/mol. The third-order valence-electron chi connectivity index (χ3n) is 4.72. The van der Waals surface area contributed by atoms with E-state index in [0.29, 0.717) is 11.1 Å². The van der Waals surface area contributed by atoms with Crippen LogP contribution in [0.15, 0.2) is 103 Å². The molecule has 1 aliphatic heterocycles. The van der Waals surface area contributed by atoms with Gasteiger partial charge < -0.3 is 15.2 Å². The first-order chi connectivity index (χ1) is 15.0. The van der Waals surface area contributed by atoms with Gasteiger partial charge in [0.15, 0.2) is 11.5 Å². The van der Waals surface area contributed by atoms with E-state index in [-0.39, 0.29) is 16.4 Å². The average molecular weight is 433 g/mol. The quantitative estimate of drug-likeness (QED) is 0.612. The largest absolute Gasteiger partial charge is 0.503 e. The Labute approximate surface area is 180 Å². The standard InChI is InChI=1S/C24H19NO5S/c26-20-21(30-24(27)25-16-17-10-4-1-5-11-17)23(19-14-8-3-9-15-19)31(28,29)22(20)18-12-6-2-7-13-18/h1-15,26H,16H2,(H,25,27). The Morgan fingerprint density at radius 1 is 0.774 bits per heavy atom. The first kappa shape index (κ1) is 20.4. The van der Waals surface area contributed by atoms with Crippen molar-refractivity contribution in [3.8, 4) is 0 Å². The maximum absolute atomic E-state index is 13.4. The molecule has 3 aromatic carbocycles. The molecule has 0 unspecified atom stereocenters. The number of sulfone groups is 1. The Bertz CT molecular complexity index is 1270. The Balaban J connectivity index is 1.72. The highest BCUT2D eigenvalue weighted by molar-refractivity contribution is 8.09. The fourth-order valence-electron chi connectivity index (χ4n) is 3.31. The van der Waals surface area contributed by atoms with Gasteiger partial charge in [0.05, 0.1) is 0 Å². The summed E-state index contributed by atoms with van der Waals surface area (Å²) in [4.78, 5) is 11.9. The van der Waals surface area contributed by atoms with Crippen molar-refractivity contribution in [2.75, 3.05) is 0 Å². The van der Waals surface area contributed by atoms with Crippen LogP contribution in [0.2, 0.25) is 0 Å². The Morgan fingerprint density at radius 3 is 1.81 bits per heavy atom. The molecule has 0 aromatic heterocycles. The van der Waals surface area contributed by atoms with Gasteiger partial charge in [0.2, 0.25) is 9.84 Å². The molecule has 0 spiro atoms. The molecule has 0 saturated heterocycles. The summed E-state index contributed by atoms with van der Waals surface area (Å²) in [5, 5.41) is 13.4. The number of carbonyl (C=O) groups is 1. The van der Waals surface area contributed by atoms with E-state index < -0.39 is 27.4 Å². The van der Waals surface area contributed by atoms with Crippen LogP contribution in [0.25, 0.3) is 9.81 Å². The molecule has 0 fully saturated rings. The number of amides is 1. The van der Waals surface area contributed by atoms with Crippen LogP contribution in [-0.2, 0) is 21.1 Å². The molecule has 1 amide bonds. The van der Waals surface area contributed by atoms with Gasteiger partial charge in [0.25, 0.3) is 0 Å². The number of aliphatic hydroxyl groups excluding tert-OH is 1. The van der Waals surface area contributed by atoms with E-state index in [1.54, 1.807) is 60.7 Å². The number of aliphatic hydroxyl groups is 1. The summed E-state index contributed by atoms with van der Waals surface area (Å²) in [7, 11) is -4.14. The molecule has 6 nitrogen and oxygen atoms in total. The maximum Gasteiger partial charge on any atom is 0.413 e. The zero-order chi connectivity index (χ0) is 21.8. The summed E-state index contributed by atoms with van der Waals surface area (Å²) in [6.45, 7) is 0.191. The van der Waals surface area contributed by atoms with Crippen molar-refractivity contribution in [1.29, 1.82) is 0 Å². The van der Waals surface area contributed by atoms with Crippen LogP contribution >= 0.6 is 0 Å². The normalized spacial score (nSPS) is 15.1. The van der Waals surface area contributed by atoms with Crippen molar-refractivity contribution in [2.45, 2.75) is 6.54 Å². The van der Waals surface area contributed by atoms with Gasteiger partial charge in [-0.3, -0.25) is 0 Å². The van der Waals surface area contributed by atoms with Crippen LogP contribution in [-0.4, -0.2) is 19.6 Å². The second kappa shape index (κ2) is 8.49. The lowest BCUT2D eigenvalue weighted by Gasteiger charge is -2.10. The summed E-state index contributed by atoms with van der Waals surface area (Å²) in [6.07, 6.45) is -0.872. The molecule has 7 heteroatoms. The predicted molar refractivity (Wildman–Crippen MR) is 118 cm³/mol. The van der Waals surface area contributed by atoms with Crippen molar-refractivity contribution in [3.63, 3.8) is 0 Å². The van der Waals surface area contributed by atoms with Crippen LogP contribution in [0.5, 0.6) is 0 Å². The van der Waals surface area contributed by atoms with Crippen LogP contribution in [0, 0.1) is 0 Å². The van der Waals surface area contributed by atoms with Crippen LogP contribution in [0.4, 0.5) is 4.79 Å². The van der Waals surface area contributed by atoms with Crippen LogP contribution < -0.4 is 5.32 Å². The van der Waals surface area contributed by atoms with Gasteiger partial charge in [-0.05, 0) is 16.7 Å². The fourth-order valence-corrected chi connectivity index (χ4v) is 5.14. The topological polar surface area (TPSA) is 92.7 Å². The first-order valence-electron chi connectivity index (χ1n) is 9.52. The van der Waals surface area contributed by atoms with Crippen LogP contribution in [0.1, 0.15) is 16.7 Å². The Hall–Kier alpha value is -3.84. The Morgan fingerprint density at radius 2 is 1.26 bits per heavy atom. The number of nitrogens with one attached hydrogen (secondary N) is 1. The molecular weight excluding hydrogens is 414 g/mol.